The molecule has 1 unspecified atom stereocenters. The zero-order chi connectivity index (χ0) is 17.3. The largest absolute Gasteiger partial charge is 0.460 e. The summed E-state index contributed by atoms with van der Waals surface area (Å²) in [5.74, 6) is -0.236. The molecule has 1 aliphatic rings. The zero-order valence-electron chi connectivity index (χ0n) is 15.8. The Balaban J connectivity index is 1.71. The molecule has 0 saturated carbocycles. The molecule has 0 aromatic carbocycles. The number of epoxide rings is 1. The van der Waals surface area contributed by atoms with Gasteiger partial charge in [-0.25, -0.2) is 4.79 Å². The molecular weight excluding hydrogens is 300 g/mol. The van der Waals surface area contributed by atoms with Crippen molar-refractivity contribution in [2.24, 2.45) is 0 Å². The highest BCUT2D eigenvalue weighted by Gasteiger charge is 2.23. The van der Waals surface area contributed by atoms with E-state index in [9.17, 15) is 4.79 Å². The van der Waals surface area contributed by atoms with Crippen LogP contribution in [0.5, 0.6) is 0 Å². The molecule has 3 nitrogen and oxygen atoms in total. The number of carbonyl (C=O) groups is 1. The highest BCUT2D eigenvalue weighted by molar-refractivity contribution is 5.81. The van der Waals surface area contributed by atoms with Gasteiger partial charge in [-0.05, 0) is 12.8 Å². The van der Waals surface area contributed by atoms with Gasteiger partial charge in [-0.3, -0.25) is 0 Å². The fourth-order valence-corrected chi connectivity index (χ4v) is 2.85. The molecule has 1 fully saturated rings. The third kappa shape index (κ3) is 14.7. The minimum Gasteiger partial charge on any atom is -0.460 e. The van der Waals surface area contributed by atoms with Crippen molar-refractivity contribution < 1.29 is 14.3 Å². The number of unbranched alkanes of at least 4 members (excludes halogenated alkanes) is 13. The molecule has 1 heterocycles. The van der Waals surface area contributed by atoms with Crippen LogP contribution in [0, 0.1) is 0 Å². The topological polar surface area (TPSA) is 38.8 Å². The smallest absolute Gasteiger partial charge is 0.330 e. The molecule has 0 bridgehead atoms. The van der Waals surface area contributed by atoms with Crippen LogP contribution in [0.4, 0.5) is 0 Å². The average Bonchev–Trinajstić information content (AvgIpc) is 3.41. The average molecular weight is 339 g/mol. The molecule has 1 saturated heterocycles. The lowest BCUT2D eigenvalue weighted by Crippen LogP contribution is -2.06. The highest BCUT2D eigenvalue weighted by Crippen LogP contribution is 2.13. The van der Waals surface area contributed by atoms with Crippen molar-refractivity contribution in [3.05, 3.63) is 12.2 Å². The number of hydrogen-bond acceptors (Lipinski definition) is 3. The molecule has 0 amide bonds. The molecule has 0 aromatic rings. The second-order valence-corrected chi connectivity index (χ2v) is 7.02. The zero-order valence-corrected chi connectivity index (χ0v) is 15.8. The van der Waals surface area contributed by atoms with Crippen LogP contribution in [0.25, 0.3) is 0 Å². The summed E-state index contributed by atoms with van der Waals surface area (Å²) in [5, 5.41) is 0. The summed E-state index contributed by atoms with van der Waals surface area (Å²) >= 11 is 0. The van der Waals surface area contributed by atoms with E-state index < -0.39 is 0 Å². The van der Waals surface area contributed by atoms with E-state index in [4.69, 9.17) is 9.47 Å². The maximum Gasteiger partial charge on any atom is 0.330 e. The van der Waals surface area contributed by atoms with Crippen LogP contribution >= 0.6 is 0 Å². The Morgan fingerprint density at radius 3 is 1.92 bits per heavy atom. The van der Waals surface area contributed by atoms with E-state index in [1.54, 1.807) is 6.08 Å². The van der Waals surface area contributed by atoms with Crippen molar-refractivity contribution in [1.29, 1.82) is 0 Å². The summed E-state index contributed by atoms with van der Waals surface area (Å²) < 4.78 is 10.0. The predicted molar refractivity (Wildman–Crippen MR) is 100 cm³/mol. The minimum atomic E-state index is -0.236. The van der Waals surface area contributed by atoms with Crippen LogP contribution in [0.15, 0.2) is 12.2 Å². The first-order chi connectivity index (χ1) is 11.8. The molecule has 1 atom stereocenters. The number of carbonyl (C=O) groups excluding carboxylic acids is 1. The number of hydrogen-bond donors (Lipinski definition) is 0. The van der Waals surface area contributed by atoms with Crippen LogP contribution in [-0.2, 0) is 14.3 Å². The van der Waals surface area contributed by atoms with Gasteiger partial charge >= 0.3 is 5.97 Å². The van der Waals surface area contributed by atoms with Crippen LogP contribution in [0.2, 0.25) is 0 Å². The van der Waals surface area contributed by atoms with Gasteiger partial charge in [0.15, 0.2) is 0 Å². The van der Waals surface area contributed by atoms with Gasteiger partial charge in [-0.2, -0.15) is 0 Å². The molecule has 0 radical (unpaired) electrons. The summed E-state index contributed by atoms with van der Waals surface area (Å²) in [7, 11) is 0. The quantitative estimate of drug-likeness (QED) is 0.142. The Morgan fingerprint density at radius 1 is 0.917 bits per heavy atom. The standard InChI is InChI=1S/C21H38O3/c1-2-3-4-5-6-7-8-9-10-11-12-13-14-15-16-17-21(22)24-19-20-18-23-20/h16-17,20H,2-15,18-19H2,1H3. The van der Waals surface area contributed by atoms with E-state index in [0.717, 1.165) is 13.0 Å². The number of rotatable bonds is 17. The van der Waals surface area contributed by atoms with Crippen molar-refractivity contribution in [2.75, 3.05) is 13.2 Å². The van der Waals surface area contributed by atoms with Crippen LogP contribution in [-0.4, -0.2) is 25.3 Å². The molecule has 0 aromatic heterocycles. The molecule has 140 valence electrons. The lowest BCUT2D eigenvalue weighted by atomic mass is 10.0. The third-order valence-corrected chi connectivity index (χ3v) is 4.54. The van der Waals surface area contributed by atoms with Crippen molar-refractivity contribution in [1.82, 2.24) is 0 Å². The van der Waals surface area contributed by atoms with Gasteiger partial charge in [-0.1, -0.05) is 90.0 Å². The second kappa shape index (κ2) is 15.7. The monoisotopic (exact) mass is 338 g/mol. The van der Waals surface area contributed by atoms with E-state index in [2.05, 4.69) is 6.92 Å². The Morgan fingerprint density at radius 2 is 1.42 bits per heavy atom. The molecule has 1 aliphatic heterocycles. The molecule has 1 rings (SSSR count). The number of ether oxygens (including phenoxy) is 2. The van der Waals surface area contributed by atoms with E-state index in [1.165, 1.54) is 83.5 Å². The van der Waals surface area contributed by atoms with Crippen molar-refractivity contribution in [2.45, 2.75) is 103 Å². The third-order valence-electron chi connectivity index (χ3n) is 4.54. The number of esters is 1. The van der Waals surface area contributed by atoms with Gasteiger partial charge in [-0.15, -0.1) is 0 Å². The maximum atomic E-state index is 11.3. The Hall–Kier alpha value is -0.830. The first-order valence-corrected chi connectivity index (χ1v) is 10.3. The molecule has 3 heteroatoms. The van der Waals surface area contributed by atoms with E-state index in [1.807, 2.05) is 6.08 Å². The van der Waals surface area contributed by atoms with Crippen molar-refractivity contribution >= 4 is 5.97 Å². The highest BCUT2D eigenvalue weighted by atomic mass is 16.6. The van der Waals surface area contributed by atoms with Gasteiger partial charge in [0.25, 0.3) is 0 Å². The van der Waals surface area contributed by atoms with Crippen LogP contribution in [0.3, 0.4) is 0 Å². The van der Waals surface area contributed by atoms with E-state index in [0.29, 0.717) is 6.61 Å². The summed E-state index contributed by atoms with van der Waals surface area (Å²) in [6, 6.07) is 0. The lowest BCUT2D eigenvalue weighted by Gasteiger charge is -2.02. The fourth-order valence-electron chi connectivity index (χ4n) is 2.85. The minimum absolute atomic E-state index is 0.156. The van der Waals surface area contributed by atoms with Gasteiger partial charge in [0.1, 0.15) is 12.7 Å². The van der Waals surface area contributed by atoms with E-state index >= 15 is 0 Å². The first-order valence-electron chi connectivity index (χ1n) is 10.3. The summed E-state index contributed by atoms with van der Waals surface area (Å²) in [5.41, 5.74) is 0. The van der Waals surface area contributed by atoms with E-state index in [-0.39, 0.29) is 12.1 Å². The SMILES string of the molecule is CCCCCCCCCCCCCCCC=CC(=O)OCC1CO1. The van der Waals surface area contributed by atoms with Gasteiger partial charge in [0, 0.05) is 6.08 Å². The second-order valence-electron chi connectivity index (χ2n) is 7.02. The maximum absolute atomic E-state index is 11.3. The molecule has 0 spiro atoms. The molecule has 0 aliphatic carbocycles. The van der Waals surface area contributed by atoms with Crippen molar-refractivity contribution in [3.63, 3.8) is 0 Å². The summed E-state index contributed by atoms with van der Waals surface area (Å²) in [4.78, 5) is 11.3. The summed E-state index contributed by atoms with van der Waals surface area (Å²) in [6.45, 7) is 3.41. The predicted octanol–water partition coefficient (Wildman–Crippen LogP) is 5.97. The number of allylic oxidation sites excluding steroid dienone is 1. The Kier molecular flexibility index (Phi) is 13.9. The Labute approximate surface area is 149 Å². The first kappa shape index (κ1) is 21.2. The van der Waals surface area contributed by atoms with Gasteiger partial charge in [0.2, 0.25) is 0 Å². The van der Waals surface area contributed by atoms with Crippen LogP contribution in [0.1, 0.15) is 96.8 Å². The van der Waals surface area contributed by atoms with Crippen molar-refractivity contribution in [3.8, 4) is 0 Å². The van der Waals surface area contributed by atoms with Crippen LogP contribution < -0.4 is 0 Å². The van der Waals surface area contributed by atoms with Gasteiger partial charge < -0.3 is 9.47 Å². The normalized spacial score (nSPS) is 16.6. The molecular formula is C21H38O3. The Bertz CT molecular complexity index is 321. The van der Waals surface area contributed by atoms with Gasteiger partial charge in [0.05, 0.1) is 6.61 Å². The summed E-state index contributed by atoms with van der Waals surface area (Å²) in [6.07, 6.45) is 22.5. The molecule has 24 heavy (non-hydrogen) atoms. The fraction of sp³-hybridized carbons (Fsp3) is 0.857. The lowest BCUT2D eigenvalue weighted by molar-refractivity contribution is -0.138. The molecule has 0 N–H and O–H groups in total.